The van der Waals surface area contributed by atoms with Gasteiger partial charge in [-0.15, -0.1) is 0 Å². The zero-order valence-electron chi connectivity index (χ0n) is 7.27. The van der Waals surface area contributed by atoms with Crippen LogP contribution in [0.1, 0.15) is 12.8 Å². The minimum absolute atomic E-state index is 0.125. The molecule has 0 aromatic carbocycles. The Morgan fingerprint density at radius 2 is 2.21 bits per heavy atom. The van der Waals surface area contributed by atoms with Gasteiger partial charge in [0.05, 0.1) is 6.67 Å². The van der Waals surface area contributed by atoms with E-state index in [1.54, 1.807) is 0 Å². The summed E-state index contributed by atoms with van der Waals surface area (Å²) in [6.07, 6.45) is 6.12. The maximum atomic E-state index is 12.0. The molecule has 5 heteroatoms. The van der Waals surface area contributed by atoms with Gasteiger partial charge in [0.25, 0.3) is 0 Å². The highest BCUT2D eigenvalue weighted by Crippen LogP contribution is 2.40. The van der Waals surface area contributed by atoms with Gasteiger partial charge in [0.2, 0.25) is 0 Å². The highest BCUT2D eigenvalue weighted by atomic mass is 32.2. The molecule has 0 saturated carbocycles. The van der Waals surface area contributed by atoms with Gasteiger partial charge in [0.15, 0.2) is 0 Å². The summed E-state index contributed by atoms with van der Waals surface area (Å²) in [5.41, 5.74) is -4.25. The molecule has 1 atom stereocenters. The van der Waals surface area contributed by atoms with Crippen LogP contribution in [0.15, 0.2) is 17.1 Å². The third-order valence-electron chi connectivity index (χ3n) is 1.75. The van der Waals surface area contributed by atoms with E-state index < -0.39 is 12.2 Å². The first kappa shape index (κ1) is 11.6. The zero-order chi connectivity index (χ0) is 10.6. The van der Waals surface area contributed by atoms with Crippen LogP contribution in [0.3, 0.4) is 0 Å². The fourth-order valence-electron chi connectivity index (χ4n) is 1.19. The Labute approximate surface area is 84.1 Å². The summed E-state index contributed by atoms with van der Waals surface area (Å²) in [7, 11) is 0. The van der Waals surface area contributed by atoms with Crippen LogP contribution in [0, 0.1) is 12.0 Å². The van der Waals surface area contributed by atoms with Crippen molar-refractivity contribution in [2.45, 2.75) is 18.3 Å². The van der Waals surface area contributed by atoms with Crippen LogP contribution in [-0.2, 0) is 0 Å². The van der Waals surface area contributed by atoms with E-state index in [2.05, 4.69) is 6.08 Å². The summed E-state index contributed by atoms with van der Waals surface area (Å²) in [5, 5.41) is 0. The van der Waals surface area contributed by atoms with E-state index in [1.165, 1.54) is 12.2 Å². The molecule has 0 amide bonds. The van der Waals surface area contributed by atoms with Gasteiger partial charge in [-0.25, -0.2) is 0 Å². The third kappa shape index (κ3) is 4.17. The van der Waals surface area contributed by atoms with Crippen molar-refractivity contribution in [3.05, 3.63) is 23.1 Å². The number of halogens is 4. The second kappa shape index (κ2) is 4.87. The van der Waals surface area contributed by atoms with Crippen LogP contribution >= 0.6 is 11.8 Å². The van der Waals surface area contributed by atoms with Crippen molar-refractivity contribution in [1.29, 1.82) is 0 Å². The summed E-state index contributed by atoms with van der Waals surface area (Å²) in [4.78, 5) is 0.231. The molecule has 0 N–H and O–H groups in total. The topological polar surface area (TPSA) is 0 Å². The van der Waals surface area contributed by atoms with E-state index in [-0.39, 0.29) is 35.4 Å². The molecule has 0 saturated heterocycles. The largest absolute Gasteiger partial charge is 0.446 e. The van der Waals surface area contributed by atoms with Crippen molar-refractivity contribution in [3.63, 3.8) is 0 Å². The van der Waals surface area contributed by atoms with E-state index >= 15 is 0 Å². The number of hydrogen-bond donors (Lipinski definition) is 0. The Morgan fingerprint density at radius 1 is 1.50 bits per heavy atom. The maximum absolute atomic E-state index is 12.0. The molecule has 0 heterocycles. The standard InChI is InChI=1S/C9H9F4S/c10-5-4-7-2-1-3-8(6-7)14-9(11,12)13/h1,3,7H,4-6H2. The highest BCUT2D eigenvalue weighted by molar-refractivity contribution is 8.03. The van der Waals surface area contributed by atoms with Crippen LogP contribution in [-0.4, -0.2) is 12.2 Å². The predicted molar refractivity (Wildman–Crippen MR) is 48.2 cm³/mol. The van der Waals surface area contributed by atoms with E-state index in [1.807, 2.05) is 0 Å². The lowest BCUT2D eigenvalue weighted by Crippen LogP contribution is -2.07. The number of hydrogen-bond acceptors (Lipinski definition) is 1. The molecule has 0 aromatic heterocycles. The van der Waals surface area contributed by atoms with Crippen molar-refractivity contribution >= 4 is 11.8 Å². The summed E-state index contributed by atoms with van der Waals surface area (Å²) < 4.78 is 47.8. The van der Waals surface area contributed by atoms with Crippen LogP contribution in [0.5, 0.6) is 0 Å². The van der Waals surface area contributed by atoms with E-state index in [9.17, 15) is 17.6 Å². The number of thioether (sulfide) groups is 1. The molecule has 0 bridgehead atoms. The average Bonchev–Trinajstić information content (AvgIpc) is 2.02. The summed E-state index contributed by atoms with van der Waals surface area (Å²) in [6, 6.07) is 0. The molecule has 0 nitrogen and oxygen atoms in total. The maximum Gasteiger partial charge on any atom is 0.446 e. The molecule has 79 valence electrons. The van der Waals surface area contributed by atoms with Crippen LogP contribution in [0.25, 0.3) is 0 Å². The van der Waals surface area contributed by atoms with Crippen molar-refractivity contribution in [2.75, 3.05) is 6.67 Å². The SMILES string of the molecule is FCCC1[C]=CC=C(SC(F)(F)F)C1. The van der Waals surface area contributed by atoms with Crippen molar-refractivity contribution in [2.24, 2.45) is 5.92 Å². The molecule has 0 aromatic rings. The quantitative estimate of drug-likeness (QED) is 0.657. The van der Waals surface area contributed by atoms with Gasteiger partial charge in [-0.1, -0.05) is 12.2 Å². The van der Waals surface area contributed by atoms with Gasteiger partial charge < -0.3 is 0 Å². The van der Waals surface area contributed by atoms with Gasteiger partial charge >= 0.3 is 5.51 Å². The molecule has 0 spiro atoms. The smallest absolute Gasteiger partial charge is 0.251 e. The van der Waals surface area contributed by atoms with E-state index in [4.69, 9.17) is 0 Å². The molecule has 1 unspecified atom stereocenters. The first-order valence-electron chi connectivity index (χ1n) is 4.11. The normalized spacial score (nSPS) is 22.3. The average molecular weight is 225 g/mol. The monoisotopic (exact) mass is 225 g/mol. The van der Waals surface area contributed by atoms with E-state index in [0.717, 1.165) is 0 Å². The lowest BCUT2D eigenvalue weighted by atomic mass is 9.98. The molecule has 0 aliphatic heterocycles. The molecule has 1 aliphatic rings. The summed E-state index contributed by atoms with van der Waals surface area (Å²) in [5.74, 6) is -0.213. The molecule has 14 heavy (non-hydrogen) atoms. The lowest BCUT2D eigenvalue weighted by molar-refractivity contribution is -0.0322. The fourth-order valence-corrected chi connectivity index (χ4v) is 1.91. The Hall–Kier alpha value is -0.450. The Balaban J connectivity index is 2.48. The van der Waals surface area contributed by atoms with Crippen molar-refractivity contribution in [3.8, 4) is 0 Å². The number of rotatable bonds is 3. The molecular weight excluding hydrogens is 216 g/mol. The first-order valence-corrected chi connectivity index (χ1v) is 4.93. The van der Waals surface area contributed by atoms with Crippen molar-refractivity contribution < 1.29 is 17.6 Å². The number of alkyl halides is 4. The summed E-state index contributed by atoms with van der Waals surface area (Å²) in [6.45, 7) is -0.518. The van der Waals surface area contributed by atoms with E-state index in [0.29, 0.717) is 0 Å². The Kier molecular flexibility index (Phi) is 4.04. The molecule has 1 aliphatic carbocycles. The molecular formula is C9H9F4S. The summed E-state index contributed by atoms with van der Waals surface area (Å²) >= 11 is -0.125. The lowest BCUT2D eigenvalue weighted by Gasteiger charge is -2.17. The van der Waals surface area contributed by atoms with Gasteiger partial charge in [-0.3, -0.25) is 4.39 Å². The second-order valence-electron chi connectivity index (χ2n) is 2.89. The van der Waals surface area contributed by atoms with Crippen molar-refractivity contribution in [1.82, 2.24) is 0 Å². The second-order valence-corrected chi connectivity index (χ2v) is 4.08. The molecule has 1 radical (unpaired) electrons. The van der Waals surface area contributed by atoms with Gasteiger partial charge in [-0.2, -0.15) is 13.2 Å². The van der Waals surface area contributed by atoms with Crippen LogP contribution in [0.2, 0.25) is 0 Å². The van der Waals surface area contributed by atoms with Gasteiger partial charge in [-0.05, 0) is 41.5 Å². The predicted octanol–water partition coefficient (Wildman–Crippen LogP) is 3.86. The molecule has 0 fully saturated rings. The van der Waals surface area contributed by atoms with Gasteiger partial charge in [0.1, 0.15) is 0 Å². The first-order chi connectivity index (χ1) is 6.51. The Bertz CT molecular complexity index is 242. The Morgan fingerprint density at radius 3 is 2.79 bits per heavy atom. The fraction of sp³-hybridized carbons (Fsp3) is 0.556. The minimum atomic E-state index is -4.25. The van der Waals surface area contributed by atoms with Crippen LogP contribution < -0.4 is 0 Å². The minimum Gasteiger partial charge on any atom is -0.251 e. The third-order valence-corrected chi connectivity index (χ3v) is 2.55. The van der Waals surface area contributed by atoms with Gasteiger partial charge in [0, 0.05) is 0 Å². The molecule has 1 rings (SSSR count). The highest BCUT2D eigenvalue weighted by Gasteiger charge is 2.31. The number of allylic oxidation sites excluding steroid dienone is 4. The zero-order valence-corrected chi connectivity index (χ0v) is 8.09. The van der Waals surface area contributed by atoms with Crippen LogP contribution in [0.4, 0.5) is 17.6 Å².